The predicted octanol–water partition coefficient (Wildman–Crippen LogP) is 4.65. The summed E-state index contributed by atoms with van der Waals surface area (Å²) in [6, 6.07) is 8.16. The molecule has 3 aromatic rings. The molecule has 1 amide bonds. The van der Waals surface area contributed by atoms with Crippen LogP contribution in [0.25, 0.3) is 11.0 Å². The van der Waals surface area contributed by atoms with Gasteiger partial charge >= 0.3 is 6.09 Å². The van der Waals surface area contributed by atoms with Crippen molar-refractivity contribution in [2.45, 2.75) is 64.1 Å². The number of imidazole rings is 1. The van der Waals surface area contributed by atoms with Crippen molar-refractivity contribution in [3.05, 3.63) is 36.3 Å². The van der Waals surface area contributed by atoms with Crippen molar-refractivity contribution in [1.29, 1.82) is 5.26 Å². The highest BCUT2D eigenvalue weighted by Gasteiger charge is 2.26. The molecule has 178 valence electrons. The number of anilines is 2. The standard InChI is InChI=1S/C24H29N7O3/c1-24(2,3)34-23(32)29-18-9-6-10-19-20(18)27-14-31(19)17-8-5-7-16(11-17)28-22-26-13-15(12-25)21(30-22)33-4/h6,9-10,13-14,16-17H,5,7-8,11H2,1-4H3,(H,29,32)(H,26,28,30)/t16-,17+/m1/s1. The molecule has 1 aliphatic carbocycles. The molecule has 2 atom stereocenters. The van der Waals surface area contributed by atoms with Crippen LogP contribution < -0.4 is 15.4 Å². The molecule has 2 aromatic heterocycles. The fourth-order valence-electron chi connectivity index (χ4n) is 4.26. The van der Waals surface area contributed by atoms with E-state index in [1.807, 2.05) is 51.4 Å². The van der Waals surface area contributed by atoms with Gasteiger partial charge in [0.25, 0.3) is 0 Å². The summed E-state index contributed by atoms with van der Waals surface area (Å²) in [5, 5.41) is 15.3. The summed E-state index contributed by atoms with van der Waals surface area (Å²) in [7, 11) is 1.49. The number of rotatable bonds is 5. The maximum absolute atomic E-state index is 12.3. The Bertz CT molecular complexity index is 1230. The van der Waals surface area contributed by atoms with Crippen LogP contribution in [0.5, 0.6) is 5.88 Å². The van der Waals surface area contributed by atoms with Gasteiger partial charge < -0.3 is 19.4 Å². The molecular weight excluding hydrogens is 434 g/mol. The first kappa shape index (κ1) is 23.3. The number of aromatic nitrogens is 4. The molecule has 2 heterocycles. The maximum Gasteiger partial charge on any atom is 0.412 e. The largest absolute Gasteiger partial charge is 0.480 e. The molecule has 0 radical (unpaired) electrons. The number of hydrogen-bond donors (Lipinski definition) is 2. The summed E-state index contributed by atoms with van der Waals surface area (Å²) in [5.41, 5.74) is 2.02. The predicted molar refractivity (Wildman–Crippen MR) is 128 cm³/mol. The van der Waals surface area contributed by atoms with Crippen LogP contribution in [-0.4, -0.2) is 44.4 Å². The number of methoxy groups -OCH3 is 1. The number of amides is 1. The van der Waals surface area contributed by atoms with Crippen LogP contribution in [0.3, 0.4) is 0 Å². The molecule has 0 spiro atoms. The average Bonchev–Trinajstić information content (AvgIpc) is 3.23. The van der Waals surface area contributed by atoms with Crippen molar-refractivity contribution >= 4 is 28.8 Å². The normalized spacial score (nSPS) is 18.2. The van der Waals surface area contributed by atoms with Crippen molar-refractivity contribution in [2.75, 3.05) is 17.7 Å². The minimum atomic E-state index is -0.579. The highest BCUT2D eigenvalue weighted by atomic mass is 16.6. The third-order valence-corrected chi connectivity index (χ3v) is 5.68. The van der Waals surface area contributed by atoms with Gasteiger partial charge in [-0.3, -0.25) is 5.32 Å². The van der Waals surface area contributed by atoms with Crippen molar-refractivity contribution < 1.29 is 14.3 Å². The van der Waals surface area contributed by atoms with Crippen LogP contribution in [0, 0.1) is 11.3 Å². The lowest BCUT2D eigenvalue weighted by Gasteiger charge is -2.31. The Morgan fingerprint density at radius 1 is 1.26 bits per heavy atom. The zero-order valence-corrected chi connectivity index (χ0v) is 19.8. The zero-order chi connectivity index (χ0) is 24.3. The maximum atomic E-state index is 12.3. The highest BCUT2D eigenvalue weighted by Crippen LogP contribution is 2.34. The molecule has 4 rings (SSSR count). The Morgan fingerprint density at radius 2 is 2.09 bits per heavy atom. The lowest BCUT2D eigenvalue weighted by Crippen LogP contribution is -2.29. The number of nitrogens with one attached hydrogen (secondary N) is 2. The van der Waals surface area contributed by atoms with Crippen LogP contribution in [0.2, 0.25) is 0 Å². The van der Waals surface area contributed by atoms with E-state index in [0.29, 0.717) is 17.2 Å². The third-order valence-electron chi connectivity index (χ3n) is 5.68. The molecule has 0 saturated heterocycles. The molecule has 1 aromatic carbocycles. The van der Waals surface area contributed by atoms with Crippen molar-refractivity contribution in [2.24, 2.45) is 0 Å². The van der Waals surface area contributed by atoms with Crippen molar-refractivity contribution in [1.82, 2.24) is 19.5 Å². The van der Waals surface area contributed by atoms with Crippen molar-refractivity contribution in [3.63, 3.8) is 0 Å². The lowest BCUT2D eigenvalue weighted by atomic mass is 9.90. The van der Waals surface area contributed by atoms with Gasteiger partial charge in [0.2, 0.25) is 11.8 Å². The zero-order valence-electron chi connectivity index (χ0n) is 19.8. The Balaban J connectivity index is 1.50. The van der Waals surface area contributed by atoms with Gasteiger partial charge in [-0.15, -0.1) is 0 Å². The number of hydrogen-bond acceptors (Lipinski definition) is 8. The van der Waals surface area contributed by atoms with Gasteiger partial charge in [-0.25, -0.2) is 14.8 Å². The quantitative estimate of drug-likeness (QED) is 0.560. The average molecular weight is 464 g/mol. The Labute approximate surface area is 198 Å². The fraction of sp³-hybridized carbons (Fsp3) is 0.458. The Kier molecular flexibility index (Phi) is 6.54. The second kappa shape index (κ2) is 9.55. The smallest absolute Gasteiger partial charge is 0.412 e. The molecule has 0 aliphatic heterocycles. The number of fused-ring (bicyclic) bond motifs is 1. The number of carbonyl (C=O) groups is 1. The first-order chi connectivity index (χ1) is 16.3. The molecule has 0 bridgehead atoms. The van der Waals surface area contributed by atoms with E-state index in [9.17, 15) is 4.79 Å². The summed E-state index contributed by atoms with van der Waals surface area (Å²) >= 11 is 0. The molecule has 34 heavy (non-hydrogen) atoms. The SMILES string of the molecule is COc1nc(N[C@@H]2CCC[C@H](n3cnc4c(NC(=O)OC(C)(C)C)cccc43)C2)ncc1C#N. The van der Waals surface area contributed by atoms with Gasteiger partial charge in [-0.1, -0.05) is 6.07 Å². The molecule has 2 N–H and O–H groups in total. The van der Waals surface area contributed by atoms with Gasteiger partial charge in [0, 0.05) is 12.1 Å². The van der Waals surface area contributed by atoms with Crippen LogP contribution in [0.1, 0.15) is 58.1 Å². The second-order valence-corrected chi connectivity index (χ2v) is 9.34. The first-order valence-corrected chi connectivity index (χ1v) is 11.3. The van der Waals surface area contributed by atoms with Crippen LogP contribution in [-0.2, 0) is 4.74 Å². The number of nitriles is 1. The van der Waals surface area contributed by atoms with E-state index in [-0.39, 0.29) is 18.0 Å². The second-order valence-electron chi connectivity index (χ2n) is 9.34. The number of benzene rings is 1. The van der Waals surface area contributed by atoms with Gasteiger partial charge in [0.15, 0.2) is 0 Å². The van der Waals surface area contributed by atoms with Gasteiger partial charge in [-0.05, 0) is 58.6 Å². The van der Waals surface area contributed by atoms with Gasteiger partial charge in [0.05, 0.1) is 30.8 Å². The number of carbonyl (C=O) groups excluding carboxylic acids is 1. The number of nitrogens with zero attached hydrogens (tertiary/aromatic N) is 5. The molecule has 0 unspecified atom stereocenters. The van der Waals surface area contributed by atoms with E-state index >= 15 is 0 Å². The van der Waals surface area contributed by atoms with E-state index in [2.05, 4.69) is 30.2 Å². The minimum Gasteiger partial charge on any atom is -0.480 e. The molecule has 10 nitrogen and oxygen atoms in total. The van der Waals surface area contributed by atoms with Crippen LogP contribution in [0.4, 0.5) is 16.4 Å². The van der Waals surface area contributed by atoms with Crippen LogP contribution in [0.15, 0.2) is 30.7 Å². The molecule has 10 heteroatoms. The summed E-state index contributed by atoms with van der Waals surface area (Å²) in [6.45, 7) is 5.48. The van der Waals surface area contributed by atoms with E-state index in [0.717, 1.165) is 36.7 Å². The number of para-hydroxylation sites is 1. The molecule has 1 fully saturated rings. The molecular formula is C24H29N7O3. The third kappa shape index (κ3) is 5.20. The van der Waals surface area contributed by atoms with E-state index in [1.165, 1.54) is 13.3 Å². The van der Waals surface area contributed by atoms with E-state index in [1.54, 1.807) is 0 Å². The number of ether oxygens (including phenoxy) is 2. The summed E-state index contributed by atoms with van der Waals surface area (Å²) in [5.74, 6) is 0.707. The molecule has 1 aliphatic rings. The highest BCUT2D eigenvalue weighted by molar-refractivity contribution is 5.97. The first-order valence-electron chi connectivity index (χ1n) is 11.3. The topological polar surface area (TPSA) is 127 Å². The van der Waals surface area contributed by atoms with Crippen LogP contribution >= 0.6 is 0 Å². The molecule has 1 saturated carbocycles. The van der Waals surface area contributed by atoms with E-state index < -0.39 is 11.7 Å². The monoisotopic (exact) mass is 463 g/mol. The summed E-state index contributed by atoms with van der Waals surface area (Å²) in [4.78, 5) is 25.4. The Hall–Kier alpha value is -3.87. The van der Waals surface area contributed by atoms with Gasteiger partial charge in [0.1, 0.15) is 22.8 Å². The van der Waals surface area contributed by atoms with Gasteiger partial charge in [-0.2, -0.15) is 10.2 Å². The fourth-order valence-corrected chi connectivity index (χ4v) is 4.26. The Morgan fingerprint density at radius 3 is 2.82 bits per heavy atom. The van der Waals surface area contributed by atoms with Crippen molar-refractivity contribution in [3.8, 4) is 11.9 Å². The van der Waals surface area contributed by atoms with E-state index in [4.69, 9.17) is 14.7 Å². The summed E-state index contributed by atoms with van der Waals surface area (Å²) < 4.78 is 12.7. The lowest BCUT2D eigenvalue weighted by molar-refractivity contribution is 0.0636. The summed E-state index contributed by atoms with van der Waals surface area (Å²) in [6.07, 6.45) is 6.70. The minimum absolute atomic E-state index is 0.164.